The van der Waals surface area contributed by atoms with Crippen LogP contribution in [-0.2, 0) is 13.6 Å². The van der Waals surface area contributed by atoms with Crippen molar-refractivity contribution in [2.75, 3.05) is 20.1 Å². The van der Waals surface area contributed by atoms with Crippen LogP contribution >= 0.6 is 11.8 Å². The Morgan fingerprint density at radius 1 is 1.38 bits per heavy atom. The van der Waals surface area contributed by atoms with Crippen LogP contribution in [0.25, 0.3) is 0 Å². The number of aryl methyl sites for hydroxylation is 1. The van der Waals surface area contributed by atoms with Crippen LogP contribution < -0.4 is 5.32 Å². The first-order valence-electron chi connectivity index (χ1n) is 8.27. The topological polar surface area (TPSA) is 45.5 Å². The molecule has 6 heteroatoms. The highest BCUT2D eigenvalue weighted by Crippen LogP contribution is 2.22. The minimum atomic E-state index is 0.424. The summed E-state index contributed by atoms with van der Waals surface area (Å²) >= 11 is 1.86. The SMILES string of the molecule is CCNC(=NCC(C)Sc1ccccc1)N(C)Cc1cnn(C)c1. The van der Waals surface area contributed by atoms with Gasteiger partial charge in [0.05, 0.1) is 12.7 Å². The van der Waals surface area contributed by atoms with Gasteiger partial charge in [-0.05, 0) is 19.1 Å². The lowest BCUT2D eigenvalue weighted by molar-refractivity contribution is 0.477. The molecule has 1 N–H and O–H groups in total. The molecule has 5 nitrogen and oxygen atoms in total. The molecular weight excluding hydrogens is 318 g/mol. The summed E-state index contributed by atoms with van der Waals surface area (Å²) in [5.74, 6) is 0.932. The third-order valence-electron chi connectivity index (χ3n) is 3.45. The van der Waals surface area contributed by atoms with Crippen LogP contribution in [0.2, 0.25) is 0 Å². The summed E-state index contributed by atoms with van der Waals surface area (Å²) in [6, 6.07) is 10.5. The van der Waals surface area contributed by atoms with Gasteiger partial charge in [-0.3, -0.25) is 9.67 Å². The number of nitrogens with zero attached hydrogens (tertiary/aromatic N) is 4. The Balaban J connectivity index is 1.93. The average molecular weight is 346 g/mol. The van der Waals surface area contributed by atoms with Crippen molar-refractivity contribution < 1.29 is 0 Å². The van der Waals surface area contributed by atoms with Gasteiger partial charge in [-0.2, -0.15) is 5.10 Å². The molecule has 0 aliphatic carbocycles. The zero-order valence-corrected chi connectivity index (χ0v) is 15.8. The smallest absolute Gasteiger partial charge is 0.193 e. The maximum Gasteiger partial charge on any atom is 0.193 e. The first kappa shape index (κ1) is 18.4. The maximum atomic E-state index is 4.80. The molecule has 1 aromatic carbocycles. The van der Waals surface area contributed by atoms with E-state index in [1.807, 2.05) is 42.0 Å². The number of hydrogen-bond donors (Lipinski definition) is 1. The van der Waals surface area contributed by atoms with Crippen molar-refractivity contribution in [2.24, 2.45) is 12.0 Å². The summed E-state index contributed by atoms with van der Waals surface area (Å²) < 4.78 is 1.83. The van der Waals surface area contributed by atoms with Gasteiger partial charge in [-0.1, -0.05) is 25.1 Å². The lowest BCUT2D eigenvalue weighted by Crippen LogP contribution is -2.38. The highest BCUT2D eigenvalue weighted by Gasteiger charge is 2.09. The van der Waals surface area contributed by atoms with E-state index >= 15 is 0 Å². The van der Waals surface area contributed by atoms with E-state index < -0.39 is 0 Å². The van der Waals surface area contributed by atoms with Gasteiger partial charge in [-0.15, -0.1) is 11.8 Å². The Kier molecular flexibility index (Phi) is 7.18. The van der Waals surface area contributed by atoms with Crippen LogP contribution in [-0.4, -0.2) is 46.0 Å². The molecule has 0 spiro atoms. The molecule has 0 amide bonds. The van der Waals surface area contributed by atoms with E-state index in [4.69, 9.17) is 4.99 Å². The van der Waals surface area contributed by atoms with Crippen LogP contribution in [0.4, 0.5) is 0 Å². The van der Waals surface area contributed by atoms with Crippen molar-refractivity contribution in [3.05, 3.63) is 48.3 Å². The molecule has 0 saturated heterocycles. The van der Waals surface area contributed by atoms with Gasteiger partial charge in [0.1, 0.15) is 0 Å². The molecule has 2 aromatic rings. The van der Waals surface area contributed by atoms with Gasteiger partial charge in [-0.25, -0.2) is 0 Å². The molecule has 1 heterocycles. The van der Waals surface area contributed by atoms with E-state index in [9.17, 15) is 0 Å². The fourth-order valence-corrected chi connectivity index (χ4v) is 3.28. The van der Waals surface area contributed by atoms with Gasteiger partial charge in [0.25, 0.3) is 0 Å². The van der Waals surface area contributed by atoms with Crippen molar-refractivity contribution in [1.82, 2.24) is 20.0 Å². The van der Waals surface area contributed by atoms with Crippen molar-refractivity contribution in [3.8, 4) is 0 Å². The number of aliphatic imine (C=N–C) groups is 1. The second-order valence-corrected chi connectivity index (χ2v) is 7.33. The minimum absolute atomic E-state index is 0.424. The molecular formula is C18H27N5S. The van der Waals surface area contributed by atoms with Gasteiger partial charge >= 0.3 is 0 Å². The molecule has 1 aromatic heterocycles. The second kappa shape index (κ2) is 9.37. The number of thioether (sulfide) groups is 1. The Morgan fingerprint density at radius 3 is 2.75 bits per heavy atom. The minimum Gasteiger partial charge on any atom is -0.357 e. The number of hydrogen-bond acceptors (Lipinski definition) is 3. The highest BCUT2D eigenvalue weighted by molar-refractivity contribution is 8.00. The summed E-state index contributed by atoms with van der Waals surface area (Å²) in [5, 5.41) is 8.01. The zero-order chi connectivity index (χ0) is 17.4. The predicted molar refractivity (Wildman–Crippen MR) is 102 cm³/mol. The molecule has 2 rings (SSSR count). The quantitative estimate of drug-likeness (QED) is 0.476. The Bertz CT molecular complexity index is 638. The number of benzene rings is 1. The van der Waals surface area contributed by atoms with Crippen molar-refractivity contribution >= 4 is 17.7 Å². The van der Waals surface area contributed by atoms with Crippen LogP contribution in [0.3, 0.4) is 0 Å². The molecule has 0 fully saturated rings. The second-order valence-electron chi connectivity index (χ2n) is 5.81. The van der Waals surface area contributed by atoms with Crippen LogP contribution in [0.5, 0.6) is 0 Å². The largest absolute Gasteiger partial charge is 0.357 e. The molecule has 0 saturated carbocycles. The summed E-state index contributed by atoms with van der Waals surface area (Å²) in [7, 11) is 3.99. The molecule has 130 valence electrons. The van der Waals surface area contributed by atoms with Crippen molar-refractivity contribution in [2.45, 2.75) is 30.5 Å². The monoisotopic (exact) mass is 345 g/mol. The Morgan fingerprint density at radius 2 is 2.12 bits per heavy atom. The van der Waals surface area contributed by atoms with E-state index in [2.05, 4.69) is 60.5 Å². The maximum absolute atomic E-state index is 4.80. The molecule has 0 radical (unpaired) electrons. The predicted octanol–water partition coefficient (Wildman–Crippen LogP) is 3.00. The Labute approximate surface area is 149 Å². The molecule has 1 unspecified atom stereocenters. The Hall–Kier alpha value is -1.95. The van der Waals surface area contributed by atoms with Crippen molar-refractivity contribution in [1.29, 1.82) is 0 Å². The first-order valence-corrected chi connectivity index (χ1v) is 9.15. The summed E-state index contributed by atoms with van der Waals surface area (Å²) in [6.07, 6.45) is 3.93. The first-order chi connectivity index (χ1) is 11.6. The summed E-state index contributed by atoms with van der Waals surface area (Å²) in [6.45, 7) is 6.73. The third-order valence-corrected chi connectivity index (χ3v) is 4.55. The van der Waals surface area contributed by atoms with E-state index in [1.165, 1.54) is 10.5 Å². The molecule has 0 aliphatic heterocycles. The number of rotatable bonds is 7. The van der Waals surface area contributed by atoms with Gasteiger partial charge in [0.2, 0.25) is 0 Å². The van der Waals surface area contributed by atoms with E-state index in [-0.39, 0.29) is 0 Å². The van der Waals surface area contributed by atoms with Crippen LogP contribution in [0, 0.1) is 0 Å². The van der Waals surface area contributed by atoms with Crippen molar-refractivity contribution in [3.63, 3.8) is 0 Å². The normalized spacial score (nSPS) is 12.9. The van der Waals surface area contributed by atoms with Crippen LogP contribution in [0.1, 0.15) is 19.4 Å². The van der Waals surface area contributed by atoms with Gasteiger partial charge < -0.3 is 10.2 Å². The lowest BCUT2D eigenvalue weighted by Gasteiger charge is -2.22. The number of aromatic nitrogens is 2. The molecule has 1 atom stereocenters. The van der Waals surface area contributed by atoms with E-state index in [0.29, 0.717) is 5.25 Å². The van der Waals surface area contributed by atoms with Crippen LogP contribution in [0.15, 0.2) is 52.6 Å². The van der Waals surface area contributed by atoms with Gasteiger partial charge in [0.15, 0.2) is 5.96 Å². The average Bonchev–Trinajstić information content (AvgIpc) is 2.97. The number of guanidine groups is 1. The standard InChI is InChI=1S/C18H27N5S/c1-5-19-18(22(3)13-16-12-21-23(4)14-16)20-11-15(2)24-17-9-7-6-8-10-17/h6-10,12,14-15H,5,11,13H2,1-4H3,(H,19,20). The summed E-state index contributed by atoms with van der Waals surface area (Å²) in [5.41, 5.74) is 1.18. The molecule has 0 aliphatic rings. The van der Waals surface area contributed by atoms with E-state index in [1.54, 1.807) is 0 Å². The fraction of sp³-hybridized carbons (Fsp3) is 0.444. The number of nitrogens with one attached hydrogen (secondary N) is 1. The molecule has 24 heavy (non-hydrogen) atoms. The van der Waals surface area contributed by atoms with Gasteiger partial charge in [0, 0.05) is 49.1 Å². The highest BCUT2D eigenvalue weighted by atomic mass is 32.2. The molecule has 0 bridgehead atoms. The van der Waals surface area contributed by atoms with E-state index in [0.717, 1.165) is 25.6 Å². The lowest BCUT2D eigenvalue weighted by atomic mass is 10.3. The fourth-order valence-electron chi connectivity index (χ4n) is 2.36. The third kappa shape index (κ3) is 5.92. The zero-order valence-electron chi connectivity index (χ0n) is 14.9. The summed E-state index contributed by atoms with van der Waals surface area (Å²) in [4.78, 5) is 8.22.